The number of nitrogen functional groups attached to an aromatic ring is 1. The minimum absolute atomic E-state index is 0.165. The Morgan fingerprint density at radius 2 is 1.97 bits per heavy atom. The molecule has 0 saturated carbocycles. The number of fused-ring (bicyclic) bond motifs is 1. The number of aryl methyl sites for hydroxylation is 1. The maximum Gasteiger partial charge on any atom is 0.258 e. The molecule has 9 nitrogen and oxygen atoms in total. The zero-order chi connectivity index (χ0) is 23.7. The SMILES string of the molecule is CNc1ccc(COc2nc(-c3cc(Cl)c4ncccc4c3)c(-c3ccn(C)n3)nc2N)cn1. The fourth-order valence-electron chi connectivity index (χ4n) is 3.55. The van der Waals surface area contributed by atoms with E-state index in [1.54, 1.807) is 17.1 Å². The van der Waals surface area contributed by atoms with Crippen LogP contribution in [0.15, 0.2) is 61.1 Å². The van der Waals surface area contributed by atoms with E-state index in [0.29, 0.717) is 27.6 Å². The molecule has 0 amide bonds. The molecule has 0 bridgehead atoms. The standard InChI is InChI=1S/C24H21ClN8O/c1-27-19-6-5-14(12-29-19)13-34-24-23(26)30-22(18-7-9-33(2)32-18)21(31-24)16-10-15-4-3-8-28-20(15)17(25)11-16/h3-12H,13H2,1-2H3,(H2,26,30)(H,27,29). The molecule has 0 unspecified atom stereocenters. The lowest BCUT2D eigenvalue weighted by atomic mass is 10.0. The second kappa shape index (κ2) is 8.95. The average molecular weight is 473 g/mol. The van der Waals surface area contributed by atoms with Gasteiger partial charge in [-0.2, -0.15) is 5.10 Å². The van der Waals surface area contributed by atoms with E-state index in [9.17, 15) is 0 Å². The summed E-state index contributed by atoms with van der Waals surface area (Å²) in [6, 6.07) is 13.2. The van der Waals surface area contributed by atoms with Gasteiger partial charge >= 0.3 is 0 Å². The van der Waals surface area contributed by atoms with Crippen LogP contribution in [0.1, 0.15) is 5.56 Å². The highest BCUT2D eigenvalue weighted by Crippen LogP contribution is 2.36. The van der Waals surface area contributed by atoms with Gasteiger partial charge in [0.2, 0.25) is 0 Å². The summed E-state index contributed by atoms with van der Waals surface area (Å²) in [5.41, 5.74) is 10.3. The van der Waals surface area contributed by atoms with Crippen molar-refractivity contribution >= 4 is 34.1 Å². The van der Waals surface area contributed by atoms with E-state index in [2.05, 4.69) is 25.4 Å². The van der Waals surface area contributed by atoms with Gasteiger partial charge < -0.3 is 15.8 Å². The van der Waals surface area contributed by atoms with Gasteiger partial charge in [-0.15, -0.1) is 0 Å². The zero-order valence-corrected chi connectivity index (χ0v) is 19.3. The van der Waals surface area contributed by atoms with Gasteiger partial charge in [0, 0.05) is 49.2 Å². The molecular formula is C24H21ClN8O. The van der Waals surface area contributed by atoms with Crippen LogP contribution in [0.4, 0.5) is 11.6 Å². The van der Waals surface area contributed by atoms with E-state index >= 15 is 0 Å². The monoisotopic (exact) mass is 472 g/mol. The molecule has 1 aromatic carbocycles. The molecule has 5 rings (SSSR count). The van der Waals surface area contributed by atoms with Crippen LogP contribution < -0.4 is 15.8 Å². The highest BCUT2D eigenvalue weighted by atomic mass is 35.5. The largest absolute Gasteiger partial charge is 0.470 e. The number of nitrogens with two attached hydrogens (primary N) is 1. The smallest absolute Gasteiger partial charge is 0.258 e. The van der Waals surface area contributed by atoms with Crippen molar-refractivity contribution in [3.05, 3.63) is 71.6 Å². The van der Waals surface area contributed by atoms with E-state index < -0.39 is 0 Å². The van der Waals surface area contributed by atoms with Gasteiger partial charge in [-0.25, -0.2) is 15.0 Å². The van der Waals surface area contributed by atoms with Crippen molar-refractivity contribution in [1.29, 1.82) is 0 Å². The van der Waals surface area contributed by atoms with Crippen LogP contribution >= 0.6 is 11.6 Å². The van der Waals surface area contributed by atoms with Gasteiger partial charge in [0.05, 0.1) is 10.5 Å². The molecule has 0 aliphatic carbocycles. The molecule has 0 saturated heterocycles. The fourth-order valence-corrected chi connectivity index (χ4v) is 3.83. The van der Waals surface area contributed by atoms with Gasteiger partial charge in [-0.05, 0) is 30.3 Å². The number of hydrogen-bond donors (Lipinski definition) is 2. The van der Waals surface area contributed by atoms with Crippen LogP contribution in [-0.2, 0) is 13.7 Å². The number of ether oxygens (including phenoxy) is 1. The molecule has 34 heavy (non-hydrogen) atoms. The third-order valence-corrected chi connectivity index (χ3v) is 5.52. The third-order valence-electron chi connectivity index (χ3n) is 5.23. The topological polar surface area (TPSA) is 117 Å². The van der Waals surface area contributed by atoms with Gasteiger partial charge in [0.1, 0.15) is 29.5 Å². The van der Waals surface area contributed by atoms with E-state index in [-0.39, 0.29) is 18.3 Å². The summed E-state index contributed by atoms with van der Waals surface area (Å²) in [6.07, 6.45) is 5.27. The Bertz CT molecular complexity index is 1480. The van der Waals surface area contributed by atoms with Crippen molar-refractivity contribution in [2.24, 2.45) is 7.05 Å². The number of pyridine rings is 2. The summed E-state index contributed by atoms with van der Waals surface area (Å²) >= 11 is 6.55. The van der Waals surface area contributed by atoms with Crippen molar-refractivity contribution < 1.29 is 4.74 Å². The number of aromatic nitrogens is 6. The molecule has 5 aromatic rings. The van der Waals surface area contributed by atoms with Crippen molar-refractivity contribution in [1.82, 2.24) is 29.7 Å². The van der Waals surface area contributed by atoms with Gasteiger partial charge in [-0.1, -0.05) is 23.7 Å². The Hall–Kier alpha value is -4.24. The van der Waals surface area contributed by atoms with Crippen LogP contribution in [0.25, 0.3) is 33.5 Å². The lowest BCUT2D eigenvalue weighted by Crippen LogP contribution is -2.06. The van der Waals surface area contributed by atoms with Gasteiger partial charge in [0.25, 0.3) is 5.88 Å². The lowest BCUT2D eigenvalue weighted by molar-refractivity contribution is 0.294. The number of anilines is 2. The Kier molecular flexibility index (Phi) is 5.69. The van der Waals surface area contributed by atoms with E-state index in [0.717, 1.165) is 22.3 Å². The number of benzene rings is 1. The summed E-state index contributed by atoms with van der Waals surface area (Å²) in [5.74, 6) is 1.15. The molecule has 0 atom stereocenters. The number of nitrogens with zero attached hydrogens (tertiary/aromatic N) is 6. The van der Waals surface area contributed by atoms with Gasteiger partial charge in [0.15, 0.2) is 5.82 Å². The third kappa shape index (κ3) is 4.20. The molecule has 0 spiro atoms. The average Bonchev–Trinajstić information content (AvgIpc) is 3.29. The maximum absolute atomic E-state index is 6.55. The predicted molar refractivity (Wildman–Crippen MR) is 133 cm³/mol. The Morgan fingerprint density at radius 1 is 1.09 bits per heavy atom. The zero-order valence-electron chi connectivity index (χ0n) is 18.5. The molecule has 0 fully saturated rings. The number of halogens is 1. The first-order chi connectivity index (χ1) is 16.5. The first-order valence-electron chi connectivity index (χ1n) is 10.5. The molecular weight excluding hydrogens is 452 g/mol. The summed E-state index contributed by atoms with van der Waals surface area (Å²) in [5, 5.41) is 8.87. The first-order valence-corrected chi connectivity index (χ1v) is 10.9. The summed E-state index contributed by atoms with van der Waals surface area (Å²) < 4.78 is 7.64. The summed E-state index contributed by atoms with van der Waals surface area (Å²) in [6.45, 7) is 0.237. The minimum atomic E-state index is 0.165. The van der Waals surface area contributed by atoms with Crippen molar-refractivity contribution in [3.63, 3.8) is 0 Å². The molecule has 10 heteroatoms. The maximum atomic E-state index is 6.55. The molecule has 4 heterocycles. The highest BCUT2D eigenvalue weighted by Gasteiger charge is 2.19. The first kappa shape index (κ1) is 21.6. The lowest BCUT2D eigenvalue weighted by Gasteiger charge is -2.13. The Morgan fingerprint density at radius 3 is 2.71 bits per heavy atom. The molecule has 4 aromatic heterocycles. The molecule has 0 radical (unpaired) electrons. The van der Waals surface area contributed by atoms with Crippen molar-refractivity contribution in [3.8, 4) is 28.5 Å². The second-order valence-corrected chi connectivity index (χ2v) is 8.02. The van der Waals surface area contributed by atoms with E-state index in [1.165, 1.54) is 0 Å². The Labute approximate surface area is 200 Å². The fraction of sp³-hybridized carbons (Fsp3) is 0.125. The molecule has 0 aliphatic heterocycles. The van der Waals surface area contributed by atoms with Crippen LogP contribution in [0.3, 0.4) is 0 Å². The van der Waals surface area contributed by atoms with Crippen LogP contribution in [0.2, 0.25) is 5.02 Å². The molecule has 170 valence electrons. The Balaban J connectivity index is 1.59. The van der Waals surface area contributed by atoms with E-state index in [1.807, 2.05) is 62.8 Å². The normalized spacial score (nSPS) is 11.0. The van der Waals surface area contributed by atoms with Crippen LogP contribution in [-0.4, -0.2) is 36.8 Å². The predicted octanol–water partition coefficient (Wildman–Crippen LogP) is 4.34. The van der Waals surface area contributed by atoms with Gasteiger partial charge in [-0.3, -0.25) is 9.67 Å². The summed E-state index contributed by atoms with van der Waals surface area (Å²) in [7, 11) is 3.65. The molecule has 0 aliphatic rings. The van der Waals surface area contributed by atoms with Crippen molar-refractivity contribution in [2.45, 2.75) is 6.61 Å². The highest BCUT2D eigenvalue weighted by molar-refractivity contribution is 6.35. The summed E-state index contributed by atoms with van der Waals surface area (Å²) in [4.78, 5) is 18.0. The van der Waals surface area contributed by atoms with Crippen molar-refractivity contribution in [2.75, 3.05) is 18.1 Å². The molecule has 3 N–H and O–H groups in total. The number of hydrogen-bond acceptors (Lipinski definition) is 8. The van der Waals surface area contributed by atoms with Crippen LogP contribution in [0.5, 0.6) is 5.88 Å². The van der Waals surface area contributed by atoms with Crippen LogP contribution in [0, 0.1) is 0 Å². The quantitative estimate of drug-likeness (QED) is 0.374. The number of nitrogens with one attached hydrogen (secondary N) is 1. The second-order valence-electron chi connectivity index (χ2n) is 7.61. The number of rotatable bonds is 6. The minimum Gasteiger partial charge on any atom is -0.470 e. The van der Waals surface area contributed by atoms with E-state index in [4.69, 9.17) is 27.1 Å².